The SMILES string of the molecule is C[C@H](NCCn1cccn1)C(=O)NC[C@@H]1CCCO1. The highest BCUT2D eigenvalue weighted by atomic mass is 16.5. The fourth-order valence-electron chi connectivity index (χ4n) is 2.09. The van der Waals surface area contributed by atoms with Crippen molar-refractivity contribution in [1.29, 1.82) is 0 Å². The maximum absolute atomic E-state index is 11.8. The van der Waals surface area contributed by atoms with Gasteiger partial charge in [-0.2, -0.15) is 5.10 Å². The fraction of sp³-hybridized carbons (Fsp3) is 0.692. The summed E-state index contributed by atoms with van der Waals surface area (Å²) in [7, 11) is 0. The van der Waals surface area contributed by atoms with Crippen molar-refractivity contribution in [3.8, 4) is 0 Å². The second-order valence-corrected chi connectivity index (χ2v) is 4.83. The molecule has 6 nitrogen and oxygen atoms in total. The molecule has 0 bridgehead atoms. The molecule has 1 aliphatic rings. The number of amides is 1. The first-order valence-corrected chi connectivity index (χ1v) is 6.86. The Morgan fingerprint density at radius 3 is 3.21 bits per heavy atom. The van der Waals surface area contributed by atoms with Crippen molar-refractivity contribution >= 4 is 5.91 Å². The summed E-state index contributed by atoms with van der Waals surface area (Å²) >= 11 is 0. The van der Waals surface area contributed by atoms with Crippen LogP contribution in [0.3, 0.4) is 0 Å². The van der Waals surface area contributed by atoms with Gasteiger partial charge in [-0.25, -0.2) is 0 Å². The van der Waals surface area contributed by atoms with Gasteiger partial charge in [-0.05, 0) is 25.8 Å². The van der Waals surface area contributed by atoms with E-state index in [1.807, 2.05) is 23.9 Å². The van der Waals surface area contributed by atoms with Crippen LogP contribution in [0.4, 0.5) is 0 Å². The maximum atomic E-state index is 11.8. The van der Waals surface area contributed by atoms with E-state index in [2.05, 4.69) is 15.7 Å². The van der Waals surface area contributed by atoms with Gasteiger partial charge in [0.2, 0.25) is 5.91 Å². The molecule has 0 aromatic carbocycles. The van der Waals surface area contributed by atoms with Crippen LogP contribution < -0.4 is 10.6 Å². The molecule has 0 aliphatic carbocycles. The van der Waals surface area contributed by atoms with Crippen LogP contribution in [0, 0.1) is 0 Å². The van der Waals surface area contributed by atoms with Crippen LogP contribution in [0.1, 0.15) is 19.8 Å². The van der Waals surface area contributed by atoms with E-state index >= 15 is 0 Å². The van der Waals surface area contributed by atoms with Crippen molar-refractivity contribution in [2.45, 2.75) is 38.5 Å². The number of hydrogen-bond acceptors (Lipinski definition) is 4. The maximum Gasteiger partial charge on any atom is 0.236 e. The van der Waals surface area contributed by atoms with Gasteiger partial charge >= 0.3 is 0 Å². The molecule has 2 atom stereocenters. The van der Waals surface area contributed by atoms with Crippen LogP contribution in [-0.4, -0.2) is 47.5 Å². The van der Waals surface area contributed by atoms with Crippen LogP contribution in [0.2, 0.25) is 0 Å². The predicted octanol–water partition coefficient (Wildman–Crippen LogP) is 0.156. The van der Waals surface area contributed by atoms with E-state index in [0.717, 1.165) is 32.5 Å². The topological polar surface area (TPSA) is 68.2 Å². The first-order valence-electron chi connectivity index (χ1n) is 6.86. The predicted molar refractivity (Wildman–Crippen MR) is 71.7 cm³/mol. The molecule has 2 heterocycles. The number of aromatic nitrogens is 2. The molecule has 2 N–H and O–H groups in total. The lowest BCUT2D eigenvalue weighted by Gasteiger charge is -2.16. The van der Waals surface area contributed by atoms with Crippen LogP contribution in [0.25, 0.3) is 0 Å². The number of nitrogens with zero attached hydrogens (tertiary/aromatic N) is 2. The zero-order chi connectivity index (χ0) is 13.5. The lowest BCUT2D eigenvalue weighted by Crippen LogP contribution is -2.45. The molecule has 0 unspecified atom stereocenters. The van der Waals surface area contributed by atoms with Gasteiger partial charge in [0.15, 0.2) is 0 Å². The molecule has 106 valence electrons. The zero-order valence-electron chi connectivity index (χ0n) is 11.3. The third-order valence-electron chi connectivity index (χ3n) is 3.27. The Morgan fingerprint density at radius 1 is 1.63 bits per heavy atom. The number of hydrogen-bond donors (Lipinski definition) is 2. The number of nitrogens with one attached hydrogen (secondary N) is 2. The Morgan fingerprint density at radius 2 is 2.53 bits per heavy atom. The molecule has 0 radical (unpaired) electrons. The van der Waals surface area contributed by atoms with Gasteiger partial charge < -0.3 is 15.4 Å². The van der Waals surface area contributed by atoms with Gasteiger partial charge in [0.1, 0.15) is 0 Å². The Labute approximate surface area is 113 Å². The van der Waals surface area contributed by atoms with Crippen molar-refractivity contribution in [1.82, 2.24) is 20.4 Å². The van der Waals surface area contributed by atoms with Crippen LogP contribution in [-0.2, 0) is 16.1 Å². The summed E-state index contributed by atoms with van der Waals surface area (Å²) in [6.45, 7) is 4.78. The Kier molecular flexibility index (Phi) is 5.35. The highest BCUT2D eigenvalue weighted by Crippen LogP contribution is 2.10. The fourth-order valence-corrected chi connectivity index (χ4v) is 2.09. The first kappa shape index (κ1) is 14.0. The van der Waals surface area contributed by atoms with E-state index in [0.29, 0.717) is 6.54 Å². The number of ether oxygens (including phenoxy) is 1. The Hall–Kier alpha value is -1.40. The summed E-state index contributed by atoms with van der Waals surface area (Å²) in [6, 6.07) is 1.69. The van der Waals surface area contributed by atoms with Gasteiger partial charge in [-0.15, -0.1) is 0 Å². The molecular formula is C13H22N4O2. The van der Waals surface area contributed by atoms with Crippen molar-refractivity contribution in [3.05, 3.63) is 18.5 Å². The summed E-state index contributed by atoms with van der Waals surface area (Å²) in [6.07, 6.45) is 5.99. The molecule has 19 heavy (non-hydrogen) atoms. The summed E-state index contributed by atoms with van der Waals surface area (Å²) < 4.78 is 7.30. The van der Waals surface area contributed by atoms with Crippen molar-refractivity contribution in [2.24, 2.45) is 0 Å². The van der Waals surface area contributed by atoms with Crippen molar-refractivity contribution < 1.29 is 9.53 Å². The van der Waals surface area contributed by atoms with Gasteiger partial charge in [0, 0.05) is 32.1 Å². The summed E-state index contributed by atoms with van der Waals surface area (Å²) in [5.41, 5.74) is 0. The van der Waals surface area contributed by atoms with E-state index < -0.39 is 0 Å². The average Bonchev–Trinajstić information content (AvgIpc) is 3.08. The van der Waals surface area contributed by atoms with Gasteiger partial charge in [-0.1, -0.05) is 0 Å². The first-order chi connectivity index (χ1) is 9.25. The monoisotopic (exact) mass is 266 g/mol. The van der Waals surface area contributed by atoms with E-state index in [1.165, 1.54) is 0 Å². The van der Waals surface area contributed by atoms with Gasteiger partial charge in [-0.3, -0.25) is 9.48 Å². The van der Waals surface area contributed by atoms with Gasteiger partial charge in [0.05, 0.1) is 18.7 Å². The molecule has 6 heteroatoms. The smallest absolute Gasteiger partial charge is 0.236 e. The minimum atomic E-state index is -0.197. The molecule has 1 aromatic heterocycles. The average molecular weight is 266 g/mol. The number of carbonyl (C=O) groups is 1. The molecule has 0 saturated carbocycles. The zero-order valence-corrected chi connectivity index (χ0v) is 11.3. The minimum absolute atomic E-state index is 0.0240. The summed E-state index contributed by atoms with van der Waals surface area (Å²) in [4.78, 5) is 11.8. The van der Waals surface area contributed by atoms with Crippen molar-refractivity contribution in [3.63, 3.8) is 0 Å². The standard InChI is InChI=1S/C13H22N4O2/c1-11(14-6-8-17-7-3-5-16-17)13(18)15-10-12-4-2-9-19-12/h3,5,7,11-12,14H,2,4,6,8-10H2,1H3,(H,15,18)/t11-,12-/m0/s1. The van der Waals surface area contributed by atoms with E-state index in [1.54, 1.807) is 6.20 Å². The number of rotatable bonds is 7. The molecule has 0 spiro atoms. The van der Waals surface area contributed by atoms with E-state index in [4.69, 9.17) is 4.74 Å². The molecule has 1 saturated heterocycles. The largest absolute Gasteiger partial charge is 0.376 e. The highest BCUT2D eigenvalue weighted by molar-refractivity contribution is 5.81. The Balaban J connectivity index is 1.58. The van der Waals surface area contributed by atoms with Crippen LogP contribution in [0.5, 0.6) is 0 Å². The van der Waals surface area contributed by atoms with E-state index in [9.17, 15) is 4.79 Å². The third-order valence-corrected chi connectivity index (χ3v) is 3.27. The van der Waals surface area contributed by atoms with Crippen LogP contribution in [0.15, 0.2) is 18.5 Å². The molecule has 1 aliphatic heterocycles. The molecule has 1 fully saturated rings. The minimum Gasteiger partial charge on any atom is -0.376 e. The quantitative estimate of drug-likeness (QED) is 0.737. The second-order valence-electron chi connectivity index (χ2n) is 4.83. The molecule has 1 amide bonds. The highest BCUT2D eigenvalue weighted by Gasteiger charge is 2.18. The lowest BCUT2D eigenvalue weighted by molar-refractivity contribution is -0.123. The molecule has 1 aromatic rings. The third kappa shape index (κ3) is 4.65. The Bertz CT molecular complexity index is 374. The van der Waals surface area contributed by atoms with Crippen LogP contribution >= 0.6 is 0 Å². The normalized spacial score (nSPS) is 20.4. The van der Waals surface area contributed by atoms with Crippen molar-refractivity contribution in [2.75, 3.05) is 19.7 Å². The summed E-state index contributed by atoms with van der Waals surface area (Å²) in [5, 5.41) is 10.2. The summed E-state index contributed by atoms with van der Waals surface area (Å²) in [5.74, 6) is 0.0240. The molecule has 2 rings (SSSR count). The molecular weight excluding hydrogens is 244 g/mol. The van der Waals surface area contributed by atoms with Gasteiger partial charge in [0.25, 0.3) is 0 Å². The van der Waals surface area contributed by atoms with E-state index in [-0.39, 0.29) is 18.1 Å². The lowest BCUT2D eigenvalue weighted by atomic mass is 10.2. The number of carbonyl (C=O) groups excluding carboxylic acids is 1. The second kappa shape index (κ2) is 7.25.